The van der Waals surface area contributed by atoms with E-state index in [1.165, 1.54) is 0 Å². The minimum atomic E-state index is -3.46. The molecule has 1 fully saturated rings. The Balaban J connectivity index is 2.53. The van der Waals surface area contributed by atoms with Crippen LogP contribution in [0, 0.1) is 5.92 Å². The first-order valence-corrected chi connectivity index (χ1v) is 8.85. The quantitative estimate of drug-likeness (QED) is 0.813. The van der Waals surface area contributed by atoms with Crippen molar-refractivity contribution in [1.82, 2.24) is 0 Å². The molecule has 7 heteroatoms. The number of nitrogens with two attached hydrogens (primary N) is 1. The molecular formula is C12H18N2O3S2. The Kier molecular flexibility index (Phi) is 3.61. The lowest BCUT2D eigenvalue weighted by Gasteiger charge is -2.09. The number of carbonyl (C=O) groups excluding carboxylic acids is 1. The van der Waals surface area contributed by atoms with Gasteiger partial charge in [-0.05, 0) is 26.7 Å². The van der Waals surface area contributed by atoms with Gasteiger partial charge in [-0.25, -0.2) is 8.42 Å². The highest BCUT2D eigenvalue weighted by molar-refractivity contribution is 7.91. The van der Waals surface area contributed by atoms with Crippen molar-refractivity contribution in [1.29, 1.82) is 0 Å². The average molecular weight is 302 g/mol. The Morgan fingerprint density at radius 2 is 2.00 bits per heavy atom. The molecule has 0 unspecified atom stereocenters. The topological polar surface area (TPSA) is 89.3 Å². The standard InChI is InChI=1S/C12H18N2O3S2/c1-6(2)14-12-11(19(3,16)17)8(13)10(18-12)9(15)7-4-5-7/h6-7,14H,4-5,13H2,1-3H3. The van der Waals surface area contributed by atoms with Crippen LogP contribution in [0.4, 0.5) is 10.7 Å². The second-order valence-corrected chi connectivity index (χ2v) is 8.19. The molecule has 0 spiro atoms. The van der Waals surface area contributed by atoms with Gasteiger partial charge in [-0.15, -0.1) is 11.3 Å². The SMILES string of the molecule is CC(C)Nc1sc(C(=O)C2CC2)c(N)c1S(C)(=O)=O. The number of nitrogen functional groups attached to an aromatic ring is 1. The predicted octanol–water partition coefficient (Wildman–Crippen LogP) is 2.15. The molecule has 1 heterocycles. The summed E-state index contributed by atoms with van der Waals surface area (Å²) in [5.74, 6) is 0.00414. The van der Waals surface area contributed by atoms with Crippen molar-refractivity contribution in [3.63, 3.8) is 0 Å². The molecule has 1 aliphatic carbocycles. The van der Waals surface area contributed by atoms with Gasteiger partial charge in [-0.2, -0.15) is 0 Å². The summed E-state index contributed by atoms with van der Waals surface area (Å²) in [6.07, 6.45) is 2.86. The van der Waals surface area contributed by atoms with Crippen molar-refractivity contribution in [2.45, 2.75) is 37.6 Å². The molecule has 0 aromatic carbocycles. The molecule has 1 aromatic rings. The summed E-state index contributed by atoms with van der Waals surface area (Å²) >= 11 is 1.15. The Morgan fingerprint density at radius 3 is 2.42 bits per heavy atom. The monoisotopic (exact) mass is 302 g/mol. The van der Waals surface area contributed by atoms with E-state index in [1.54, 1.807) is 0 Å². The van der Waals surface area contributed by atoms with Gasteiger partial charge in [0.1, 0.15) is 9.90 Å². The number of rotatable bonds is 5. The molecule has 19 heavy (non-hydrogen) atoms. The third kappa shape index (κ3) is 2.92. The largest absolute Gasteiger partial charge is 0.396 e. The Bertz CT molecular complexity index is 613. The van der Waals surface area contributed by atoms with Gasteiger partial charge in [0.25, 0.3) is 0 Å². The fourth-order valence-corrected chi connectivity index (χ4v) is 4.59. The van der Waals surface area contributed by atoms with E-state index in [9.17, 15) is 13.2 Å². The molecule has 0 saturated heterocycles. The second kappa shape index (κ2) is 4.79. The van der Waals surface area contributed by atoms with E-state index in [0.717, 1.165) is 30.4 Å². The Morgan fingerprint density at radius 1 is 1.42 bits per heavy atom. The molecule has 0 aliphatic heterocycles. The first-order valence-electron chi connectivity index (χ1n) is 6.15. The summed E-state index contributed by atoms with van der Waals surface area (Å²) in [5, 5.41) is 3.53. The normalized spacial score (nSPS) is 15.8. The van der Waals surface area contributed by atoms with Crippen LogP contribution in [0.5, 0.6) is 0 Å². The fourth-order valence-electron chi connectivity index (χ4n) is 1.87. The molecule has 0 radical (unpaired) electrons. The minimum Gasteiger partial charge on any atom is -0.396 e. The van der Waals surface area contributed by atoms with Gasteiger partial charge in [0.15, 0.2) is 15.6 Å². The van der Waals surface area contributed by atoms with Crippen molar-refractivity contribution in [2.75, 3.05) is 17.3 Å². The molecule has 5 nitrogen and oxygen atoms in total. The molecule has 1 aliphatic rings. The maximum atomic E-state index is 12.1. The van der Waals surface area contributed by atoms with Crippen molar-refractivity contribution in [3.05, 3.63) is 4.88 Å². The van der Waals surface area contributed by atoms with Crippen LogP contribution < -0.4 is 11.1 Å². The summed E-state index contributed by atoms with van der Waals surface area (Å²) < 4.78 is 23.7. The third-order valence-electron chi connectivity index (χ3n) is 2.86. The van der Waals surface area contributed by atoms with Gasteiger partial charge < -0.3 is 11.1 Å². The van der Waals surface area contributed by atoms with Crippen molar-refractivity contribution >= 4 is 37.6 Å². The van der Waals surface area contributed by atoms with Crippen molar-refractivity contribution in [2.24, 2.45) is 5.92 Å². The zero-order valence-electron chi connectivity index (χ0n) is 11.2. The van der Waals surface area contributed by atoms with Crippen LogP contribution >= 0.6 is 11.3 Å². The van der Waals surface area contributed by atoms with E-state index in [2.05, 4.69) is 5.32 Å². The van der Waals surface area contributed by atoms with E-state index >= 15 is 0 Å². The van der Waals surface area contributed by atoms with Crippen LogP contribution in [0.2, 0.25) is 0 Å². The number of Topliss-reactive ketones (excluding diaryl/α,β-unsaturated/α-hetero) is 1. The summed E-state index contributed by atoms with van der Waals surface area (Å²) in [6, 6.07) is 0.0717. The number of ketones is 1. The van der Waals surface area contributed by atoms with Crippen LogP contribution in [-0.2, 0) is 9.84 Å². The van der Waals surface area contributed by atoms with Crippen molar-refractivity contribution in [3.8, 4) is 0 Å². The van der Waals surface area contributed by atoms with E-state index < -0.39 is 9.84 Å². The maximum Gasteiger partial charge on any atom is 0.180 e. The van der Waals surface area contributed by atoms with Gasteiger partial charge >= 0.3 is 0 Å². The number of carbonyl (C=O) groups is 1. The van der Waals surface area contributed by atoms with Crippen molar-refractivity contribution < 1.29 is 13.2 Å². The van der Waals surface area contributed by atoms with Crippen LogP contribution in [0.25, 0.3) is 0 Å². The molecular weight excluding hydrogens is 284 g/mol. The fraction of sp³-hybridized carbons (Fsp3) is 0.583. The highest BCUT2D eigenvalue weighted by atomic mass is 32.2. The first-order chi connectivity index (χ1) is 8.71. The minimum absolute atomic E-state index is 0.0239. The van der Waals surface area contributed by atoms with E-state index in [-0.39, 0.29) is 28.3 Å². The summed E-state index contributed by atoms with van der Waals surface area (Å²) in [6.45, 7) is 3.81. The smallest absolute Gasteiger partial charge is 0.180 e. The zero-order valence-corrected chi connectivity index (χ0v) is 12.8. The highest BCUT2D eigenvalue weighted by Crippen LogP contribution is 2.43. The zero-order chi connectivity index (χ0) is 14.4. The molecule has 1 aromatic heterocycles. The predicted molar refractivity (Wildman–Crippen MR) is 77.7 cm³/mol. The first kappa shape index (κ1) is 14.3. The van der Waals surface area contributed by atoms with Gasteiger partial charge in [0.05, 0.1) is 10.6 Å². The lowest BCUT2D eigenvalue weighted by Crippen LogP contribution is -2.12. The number of sulfone groups is 1. The van der Waals surface area contributed by atoms with Crippen LogP contribution in [0.3, 0.4) is 0 Å². The van der Waals surface area contributed by atoms with Gasteiger partial charge in [-0.3, -0.25) is 4.79 Å². The van der Waals surface area contributed by atoms with E-state index in [1.807, 2.05) is 13.8 Å². The third-order valence-corrected chi connectivity index (χ3v) is 5.31. The highest BCUT2D eigenvalue weighted by Gasteiger charge is 2.35. The summed E-state index contributed by atoms with van der Waals surface area (Å²) in [7, 11) is -3.46. The molecule has 106 valence electrons. The number of anilines is 2. The number of hydrogen-bond acceptors (Lipinski definition) is 6. The van der Waals surface area contributed by atoms with E-state index in [4.69, 9.17) is 5.73 Å². The van der Waals surface area contributed by atoms with Gasteiger partial charge in [0, 0.05) is 18.2 Å². The van der Waals surface area contributed by atoms with E-state index in [0.29, 0.717) is 9.88 Å². The summed E-state index contributed by atoms with van der Waals surface area (Å²) in [4.78, 5) is 12.6. The Hall–Kier alpha value is -1.08. The number of hydrogen-bond donors (Lipinski definition) is 2. The average Bonchev–Trinajstić information content (AvgIpc) is 3.01. The number of nitrogens with one attached hydrogen (secondary N) is 1. The number of thiophene rings is 1. The van der Waals surface area contributed by atoms with Gasteiger partial charge in [-0.1, -0.05) is 0 Å². The lowest BCUT2D eigenvalue weighted by molar-refractivity contribution is 0.0972. The Labute approximate surface area is 117 Å². The molecule has 0 atom stereocenters. The van der Waals surface area contributed by atoms with Crippen LogP contribution in [0.15, 0.2) is 4.90 Å². The lowest BCUT2D eigenvalue weighted by atomic mass is 10.2. The van der Waals surface area contributed by atoms with Gasteiger partial charge in [0.2, 0.25) is 0 Å². The molecule has 3 N–H and O–H groups in total. The van der Waals surface area contributed by atoms with Crippen LogP contribution in [0.1, 0.15) is 36.4 Å². The maximum absolute atomic E-state index is 12.1. The van der Waals surface area contributed by atoms with Crippen LogP contribution in [-0.4, -0.2) is 26.5 Å². The second-order valence-electron chi connectivity index (χ2n) is 5.21. The molecule has 0 bridgehead atoms. The molecule has 2 rings (SSSR count). The summed E-state index contributed by atoms with van der Waals surface area (Å²) in [5.41, 5.74) is 6.01. The molecule has 0 amide bonds. The molecule has 1 saturated carbocycles.